The molecule has 0 spiro atoms. The molecule has 0 aromatic heterocycles. The number of hydrogen-bond donors (Lipinski definition) is 2. The molecule has 1 aromatic rings. The lowest BCUT2D eigenvalue weighted by atomic mass is 10.0. The number of nitrogens with one attached hydrogen (secondary N) is 1. The van der Waals surface area contributed by atoms with E-state index in [1.807, 2.05) is 12.1 Å². The van der Waals surface area contributed by atoms with Gasteiger partial charge in [-0.3, -0.25) is 0 Å². The zero-order chi connectivity index (χ0) is 14.5. The highest BCUT2D eigenvalue weighted by Crippen LogP contribution is 2.33. The maximum Gasteiger partial charge on any atom is 0.0637 e. The summed E-state index contributed by atoms with van der Waals surface area (Å²) < 4.78 is 0. The summed E-state index contributed by atoms with van der Waals surface area (Å²) in [6.45, 7) is 7.43. The molecule has 0 radical (unpaired) electrons. The molecule has 0 saturated carbocycles. The molecule has 112 valence electrons. The number of benzene rings is 1. The fourth-order valence-corrected chi connectivity index (χ4v) is 3.16. The van der Waals surface area contributed by atoms with E-state index in [0.29, 0.717) is 5.92 Å². The molecular formula is C16H25ClN2O. The molecule has 4 heteroatoms. The number of hydrogen-bond acceptors (Lipinski definition) is 3. The van der Waals surface area contributed by atoms with Crippen LogP contribution >= 0.6 is 11.6 Å². The standard InChI is InChI=1S/C16H25ClN2O/c1-3-7-18-10-13-9-14(17)4-5-15(13)19-8-6-12(2)16(19)11-20/h4-5,9,12,16,18,20H,3,6-8,10-11H2,1-2H3. The van der Waals surface area contributed by atoms with Gasteiger partial charge in [0.1, 0.15) is 0 Å². The number of nitrogens with zero attached hydrogens (tertiary/aromatic N) is 1. The molecule has 1 saturated heterocycles. The predicted molar refractivity (Wildman–Crippen MR) is 85.5 cm³/mol. The van der Waals surface area contributed by atoms with Crippen LogP contribution in [0, 0.1) is 5.92 Å². The van der Waals surface area contributed by atoms with Crippen LogP contribution in [0.3, 0.4) is 0 Å². The van der Waals surface area contributed by atoms with Gasteiger partial charge < -0.3 is 15.3 Å². The number of aliphatic hydroxyl groups is 1. The van der Waals surface area contributed by atoms with Crippen molar-refractivity contribution in [2.75, 3.05) is 24.6 Å². The Morgan fingerprint density at radius 3 is 2.95 bits per heavy atom. The maximum atomic E-state index is 9.64. The molecule has 2 atom stereocenters. The van der Waals surface area contributed by atoms with Crippen LogP contribution in [0.1, 0.15) is 32.3 Å². The Labute approximate surface area is 126 Å². The lowest BCUT2D eigenvalue weighted by Gasteiger charge is -2.29. The molecule has 3 nitrogen and oxygen atoms in total. The molecule has 2 rings (SSSR count). The third-order valence-corrected chi connectivity index (χ3v) is 4.40. The van der Waals surface area contributed by atoms with Crippen LogP contribution in [-0.4, -0.2) is 30.8 Å². The third kappa shape index (κ3) is 3.46. The molecule has 2 unspecified atom stereocenters. The van der Waals surface area contributed by atoms with E-state index in [1.165, 1.54) is 11.3 Å². The van der Waals surface area contributed by atoms with E-state index in [2.05, 4.69) is 30.1 Å². The normalized spacial score (nSPS) is 22.5. The van der Waals surface area contributed by atoms with E-state index in [-0.39, 0.29) is 12.6 Å². The van der Waals surface area contributed by atoms with E-state index >= 15 is 0 Å². The first-order chi connectivity index (χ1) is 9.67. The summed E-state index contributed by atoms with van der Waals surface area (Å²) in [5.74, 6) is 0.534. The van der Waals surface area contributed by atoms with Crippen LogP contribution in [0.15, 0.2) is 18.2 Å². The zero-order valence-corrected chi connectivity index (χ0v) is 13.2. The van der Waals surface area contributed by atoms with Crippen molar-refractivity contribution in [2.24, 2.45) is 5.92 Å². The molecule has 1 aliphatic heterocycles. The van der Waals surface area contributed by atoms with Gasteiger partial charge in [0, 0.05) is 23.8 Å². The average Bonchev–Trinajstić information content (AvgIpc) is 2.80. The van der Waals surface area contributed by atoms with Gasteiger partial charge in [-0.15, -0.1) is 0 Å². The van der Waals surface area contributed by atoms with Gasteiger partial charge in [-0.2, -0.15) is 0 Å². The molecule has 0 amide bonds. The first kappa shape index (κ1) is 15.6. The van der Waals surface area contributed by atoms with E-state index in [4.69, 9.17) is 11.6 Å². The monoisotopic (exact) mass is 296 g/mol. The maximum absolute atomic E-state index is 9.64. The minimum atomic E-state index is 0.214. The summed E-state index contributed by atoms with van der Waals surface area (Å²) in [5, 5.41) is 13.9. The van der Waals surface area contributed by atoms with Crippen molar-refractivity contribution in [1.29, 1.82) is 0 Å². The minimum Gasteiger partial charge on any atom is -0.394 e. The Morgan fingerprint density at radius 1 is 1.45 bits per heavy atom. The SMILES string of the molecule is CCCNCc1cc(Cl)ccc1N1CCC(C)C1CO. The van der Waals surface area contributed by atoms with Crippen LogP contribution in [0.25, 0.3) is 0 Å². The van der Waals surface area contributed by atoms with Crippen molar-refractivity contribution in [3.8, 4) is 0 Å². The van der Waals surface area contributed by atoms with Gasteiger partial charge in [0.25, 0.3) is 0 Å². The third-order valence-electron chi connectivity index (χ3n) is 4.16. The summed E-state index contributed by atoms with van der Waals surface area (Å²) in [4.78, 5) is 2.34. The van der Waals surface area contributed by atoms with Crippen molar-refractivity contribution in [3.63, 3.8) is 0 Å². The molecule has 1 fully saturated rings. The van der Waals surface area contributed by atoms with Crippen LogP contribution in [0.5, 0.6) is 0 Å². The lowest BCUT2D eigenvalue weighted by Crippen LogP contribution is -2.36. The quantitative estimate of drug-likeness (QED) is 0.792. The fraction of sp³-hybridized carbons (Fsp3) is 0.625. The molecule has 20 heavy (non-hydrogen) atoms. The zero-order valence-electron chi connectivity index (χ0n) is 12.4. The van der Waals surface area contributed by atoms with Crippen molar-refractivity contribution in [1.82, 2.24) is 5.32 Å². The first-order valence-corrected chi connectivity index (χ1v) is 7.91. The summed E-state index contributed by atoms with van der Waals surface area (Å²) in [6.07, 6.45) is 2.26. The first-order valence-electron chi connectivity index (χ1n) is 7.54. The summed E-state index contributed by atoms with van der Waals surface area (Å²) in [5.41, 5.74) is 2.43. The second-order valence-electron chi connectivity index (χ2n) is 5.66. The molecule has 1 aliphatic rings. The van der Waals surface area contributed by atoms with Gasteiger partial charge >= 0.3 is 0 Å². The smallest absolute Gasteiger partial charge is 0.0637 e. The second kappa shape index (κ2) is 7.30. The van der Waals surface area contributed by atoms with E-state index < -0.39 is 0 Å². The van der Waals surface area contributed by atoms with E-state index in [0.717, 1.165) is 37.5 Å². The Bertz CT molecular complexity index is 438. The van der Waals surface area contributed by atoms with Gasteiger partial charge in [0.15, 0.2) is 0 Å². The average molecular weight is 297 g/mol. The van der Waals surface area contributed by atoms with E-state index in [1.54, 1.807) is 0 Å². The number of aliphatic hydroxyl groups excluding tert-OH is 1. The minimum absolute atomic E-state index is 0.214. The Morgan fingerprint density at radius 2 is 2.25 bits per heavy atom. The number of halogens is 1. The Hall–Kier alpha value is -0.770. The highest BCUT2D eigenvalue weighted by Gasteiger charge is 2.31. The van der Waals surface area contributed by atoms with Crippen LogP contribution in [0.2, 0.25) is 5.02 Å². The predicted octanol–water partition coefficient (Wildman–Crippen LogP) is 3.05. The van der Waals surface area contributed by atoms with Gasteiger partial charge in [-0.05, 0) is 49.1 Å². The van der Waals surface area contributed by atoms with Gasteiger partial charge in [-0.25, -0.2) is 0 Å². The summed E-state index contributed by atoms with van der Waals surface area (Å²) in [7, 11) is 0. The molecule has 0 aliphatic carbocycles. The largest absolute Gasteiger partial charge is 0.394 e. The molecule has 0 bridgehead atoms. The number of anilines is 1. The van der Waals surface area contributed by atoms with Crippen molar-refractivity contribution in [2.45, 2.75) is 39.3 Å². The van der Waals surface area contributed by atoms with Gasteiger partial charge in [0.05, 0.1) is 12.6 Å². The molecule has 1 heterocycles. The lowest BCUT2D eigenvalue weighted by molar-refractivity contribution is 0.244. The van der Waals surface area contributed by atoms with Crippen LogP contribution < -0.4 is 10.2 Å². The molecular weight excluding hydrogens is 272 g/mol. The highest BCUT2D eigenvalue weighted by atomic mass is 35.5. The topological polar surface area (TPSA) is 35.5 Å². The second-order valence-corrected chi connectivity index (χ2v) is 6.10. The summed E-state index contributed by atoms with van der Waals surface area (Å²) in [6, 6.07) is 6.29. The van der Waals surface area contributed by atoms with Crippen molar-refractivity contribution < 1.29 is 5.11 Å². The Balaban J connectivity index is 2.21. The van der Waals surface area contributed by atoms with Crippen molar-refractivity contribution in [3.05, 3.63) is 28.8 Å². The molecule has 1 aromatic carbocycles. The van der Waals surface area contributed by atoms with Gasteiger partial charge in [-0.1, -0.05) is 25.4 Å². The van der Waals surface area contributed by atoms with Crippen LogP contribution in [-0.2, 0) is 6.54 Å². The fourth-order valence-electron chi connectivity index (χ4n) is 2.96. The summed E-state index contributed by atoms with van der Waals surface area (Å²) >= 11 is 6.14. The van der Waals surface area contributed by atoms with Crippen LogP contribution in [0.4, 0.5) is 5.69 Å². The highest BCUT2D eigenvalue weighted by molar-refractivity contribution is 6.30. The Kier molecular flexibility index (Phi) is 5.70. The van der Waals surface area contributed by atoms with E-state index in [9.17, 15) is 5.11 Å². The number of rotatable bonds is 6. The van der Waals surface area contributed by atoms with Gasteiger partial charge in [0.2, 0.25) is 0 Å². The van der Waals surface area contributed by atoms with Crippen molar-refractivity contribution >= 4 is 17.3 Å². The molecule has 2 N–H and O–H groups in total.